The molecule has 1 heterocycles. The average molecular weight is 218 g/mol. The van der Waals surface area contributed by atoms with Crippen molar-refractivity contribution in [1.82, 2.24) is 10.3 Å². The molecule has 16 heavy (non-hydrogen) atoms. The number of hydrogen-bond donors (Lipinski definition) is 1. The van der Waals surface area contributed by atoms with Gasteiger partial charge in [0.2, 0.25) is 0 Å². The van der Waals surface area contributed by atoms with E-state index in [1.54, 1.807) is 0 Å². The average Bonchev–Trinajstić information content (AvgIpc) is 2.84. The third kappa shape index (κ3) is 2.27. The van der Waals surface area contributed by atoms with Gasteiger partial charge in [0, 0.05) is 18.4 Å². The predicted octanol–water partition coefficient (Wildman–Crippen LogP) is 3.09. The minimum Gasteiger partial charge on any atom is -0.313 e. The van der Waals surface area contributed by atoms with Gasteiger partial charge in [-0.1, -0.05) is 19.8 Å². The van der Waals surface area contributed by atoms with Gasteiger partial charge < -0.3 is 5.32 Å². The zero-order valence-electron chi connectivity index (χ0n) is 10.4. The van der Waals surface area contributed by atoms with Crippen molar-refractivity contribution in [3.63, 3.8) is 0 Å². The molecule has 0 radical (unpaired) electrons. The van der Waals surface area contributed by atoms with E-state index in [0.717, 1.165) is 12.3 Å². The molecule has 2 heteroatoms. The molecule has 1 aliphatic rings. The molecule has 1 saturated carbocycles. The van der Waals surface area contributed by atoms with Crippen LogP contribution in [0, 0.1) is 5.92 Å². The largest absolute Gasteiger partial charge is 0.313 e. The van der Waals surface area contributed by atoms with E-state index in [0.29, 0.717) is 6.04 Å². The Morgan fingerprint density at radius 3 is 2.81 bits per heavy atom. The van der Waals surface area contributed by atoms with Gasteiger partial charge in [-0.15, -0.1) is 0 Å². The smallest absolute Gasteiger partial charge is 0.0350 e. The van der Waals surface area contributed by atoms with Gasteiger partial charge >= 0.3 is 0 Å². The van der Waals surface area contributed by atoms with Crippen LogP contribution >= 0.6 is 0 Å². The topological polar surface area (TPSA) is 24.9 Å². The lowest BCUT2D eigenvalue weighted by Crippen LogP contribution is -2.24. The molecule has 1 aromatic rings. The van der Waals surface area contributed by atoms with E-state index in [-0.39, 0.29) is 0 Å². The summed E-state index contributed by atoms with van der Waals surface area (Å²) in [6.07, 6.45) is 10.6. The summed E-state index contributed by atoms with van der Waals surface area (Å²) in [6.45, 7) is 2.21. The maximum atomic E-state index is 4.23. The van der Waals surface area contributed by atoms with Crippen LogP contribution in [0.25, 0.3) is 0 Å². The van der Waals surface area contributed by atoms with Crippen molar-refractivity contribution in [3.05, 3.63) is 29.6 Å². The molecule has 1 aliphatic carbocycles. The van der Waals surface area contributed by atoms with E-state index in [1.807, 2.05) is 12.4 Å². The molecule has 2 nitrogen and oxygen atoms in total. The number of nitrogens with one attached hydrogen (secondary N) is 1. The SMILES string of the molecule is CCc1cnccc1C(NC)C1CCCC1. The number of nitrogens with zero attached hydrogens (tertiary/aromatic N) is 1. The molecule has 1 unspecified atom stereocenters. The molecule has 88 valence electrons. The molecule has 1 N–H and O–H groups in total. The molecule has 0 saturated heterocycles. The monoisotopic (exact) mass is 218 g/mol. The number of aryl methyl sites for hydroxylation is 1. The molecule has 0 aliphatic heterocycles. The fourth-order valence-electron chi connectivity index (χ4n) is 2.97. The number of rotatable bonds is 4. The van der Waals surface area contributed by atoms with Gasteiger partial charge in [-0.3, -0.25) is 4.98 Å². The Morgan fingerprint density at radius 2 is 2.19 bits per heavy atom. The van der Waals surface area contributed by atoms with Crippen molar-refractivity contribution in [2.24, 2.45) is 5.92 Å². The molecular formula is C14H22N2. The van der Waals surface area contributed by atoms with E-state index in [4.69, 9.17) is 0 Å². The fourth-order valence-corrected chi connectivity index (χ4v) is 2.97. The van der Waals surface area contributed by atoms with E-state index < -0.39 is 0 Å². The Morgan fingerprint density at radius 1 is 1.44 bits per heavy atom. The maximum Gasteiger partial charge on any atom is 0.0350 e. The van der Waals surface area contributed by atoms with Gasteiger partial charge in [0.1, 0.15) is 0 Å². The second-order valence-corrected chi connectivity index (χ2v) is 4.74. The number of aromatic nitrogens is 1. The zero-order chi connectivity index (χ0) is 11.4. The van der Waals surface area contributed by atoms with E-state index in [9.17, 15) is 0 Å². The molecular weight excluding hydrogens is 196 g/mol. The summed E-state index contributed by atoms with van der Waals surface area (Å²) >= 11 is 0. The number of pyridine rings is 1. The Labute approximate surface area is 98.5 Å². The lowest BCUT2D eigenvalue weighted by atomic mass is 9.89. The molecule has 0 aromatic carbocycles. The zero-order valence-corrected chi connectivity index (χ0v) is 10.4. The van der Waals surface area contributed by atoms with Gasteiger partial charge in [0.15, 0.2) is 0 Å². The third-order valence-electron chi connectivity index (χ3n) is 3.84. The predicted molar refractivity (Wildman–Crippen MR) is 67.4 cm³/mol. The molecule has 2 rings (SSSR count). The summed E-state index contributed by atoms with van der Waals surface area (Å²) in [4.78, 5) is 4.23. The van der Waals surface area contributed by atoms with Crippen LogP contribution in [0.1, 0.15) is 49.8 Å². The highest BCUT2D eigenvalue weighted by atomic mass is 14.9. The summed E-state index contributed by atoms with van der Waals surface area (Å²) in [7, 11) is 2.09. The summed E-state index contributed by atoms with van der Waals surface area (Å²) in [5.74, 6) is 0.817. The van der Waals surface area contributed by atoms with E-state index >= 15 is 0 Å². The standard InChI is InChI=1S/C14H22N2/c1-3-11-10-16-9-8-13(11)14(15-2)12-6-4-5-7-12/h8-10,12,14-15H,3-7H2,1-2H3. The van der Waals surface area contributed by atoms with Crippen LogP contribution in [0.4, 0.5) is 0 Å². The van der Waals surface area contributed by atoms with Crippen LogP contribution in [-0.2, 0) is 6.42 Å². The van der Waals surface area contributed by atoms with Gasteiger partial charge in [-0.2, -0.15) is 0 Å². The van der Waals surface area contributed by atoms with Crippen LogP contribution in [-0.4, -0.2) is 12.0 Å². The van der Waals surface area contributed by atoms with Gasteiger partial charge in [-0.05, 0) is 49.4 Å². The summed E-state index contributed by atoms with van der Waals surface area (Å²) in [5, 5.41) is 3.51. The first-order chi connectivity index (χ1) is 7.86. The minimum atomic E-state index is 0.528. The summed E-state index contributed by atoms with van der Waals surface area (Å²) in [5.41, 5.74) is 2.86. The third-order valence-corrected chi connectivity index (χ3v) is 3.84. The van der Waals surface area contributed by atoms with Gasteiger partial charge in [-0.25, -0.2) is 0 Å². The lowest BCUT2D eigenvalue weighted by Gasteiger charge is -2.25. The number of hydrogen-bond acceptors (Lipinski definition) is 2. The van der Waals surface area contributed by atoms with Crippen molar-refractivity contribution in [1.29, 1.82) is 0 Å². The summed E-state index contributed by atoms with van der Waals surface area (Å²) in [6, 6.07) is 2.72. The van der Waals surface area contributed by atoms with Gasteiger partial charge in [0.05, 0.1) is 0 Å². The second-order valence-electron chi connectivity index (χ2n) is 4.74. The lowest BCUT2D eigenvalue weighted by molar-refractivity contribution is 0.388. The van der Waals surface area contributed by atoms with Crippen LogP contribution in [0.5, 0.6) is 0 Å². The van der Waals surface area contributed by atoms with Crippen LogP contribution in [0.3, 0.4) is 0 Å². The first-order valence-electron chi connectivity index (χ1n) is 6.46. The van der Waals surface area contributed by atoms with Crippen molar-refractivity contribution in [3.8, 4) is 0 Å². The normalized spacial score (nSPS) is 18.9. The Balaban J connectivity index is 2.24. The van der Waals surface area contributed by atoms with E-state index in [1.165, 1.54) is 36.8 Å². The highest BCUT2D eigenvalue weighted by Gasteiger charge is 2.26. The van der Waals surface area contributed by atoms with Crippen LogP contribution in [0.2, 0.25) is 0 Å². The molecule has 0 bridgehead atoms. The molecule has 1 aromatic heterocycles. The van der Waals surface area contributed by atoms with Crippen molar-refractivity contribution in [2.75, 3.05) is 7.05 Å². The summed E-state index contributed by atoms with van der Waals surface area (Å²) < 4.78 is 0. The Bertz CT molecular complexity index is 329. The molecule has 1 atom stereocenters. The molecule has 0 spiro atoms. The fraction of sp³-hybridized carbons (Fsp3) is 0.643. The van der Waals surface area contributed by atoms with Crippen LogP contribution in [0.15, 0.2) is 18.5 Å². The maximum absolute atomic E-state index is 4.23. The minimum absolute atomic E-state index is 0.528. The first-order valence-corrected chi connectivity index (χ1v) is 6.46. The van der Waals surface area contributed by atoms with Crippen molar-refractivity contribution in [2.45, 2.75) is 45.1 Å². The van der Waals surface area contributed by atoms with Gasteiger partial charge in [0.25, 0.3) is 0 Å². The van der Waals surface area contributed by atoms with Crippen LogP contribution < -0.4 is 5.32 Å². The van der Waals surface area contributed by atoms with E-state index in [2.05, 4.69) is 30.3 Å². The van der Waals surface area contributed by atoms with Crippen molar-refractivity contribution >= 4 is 0 Å². The highest BCUT2D eigenvalue weighted by Crippen LogP contribution is 2.36. The Hall–Kier alpha value is -0.890. The highest BCUT2D eigenvalue weighted by molar-refractivity contribution is 5.27. The Kier molecular flexibility index (Phi) is 3.94. The van der Waals surface area contributed by atoms with Crippen molar-refractivity contribution < 1.29 is 0 Å². The molecule has 1 fully saturated rings. The quantitative estimate of drug-likeness (QED) is 0.840. The molecule has 0 amide bonds. The first kappa shape index (κ1) is 11.6. The second kappa shape index (κ2) is 5.44.